The van der Waals surface area contributed by atoms with E-state index in [-0.39, 0.29) is 24.0 Å². The molecule has 28 heavy (non-hydrogen) atoms. The van der Waals surface area contributed by atoms with Gasteiger partial charge in [-0.15, -0.1) is 46.7 Å². The summed E-state index contributed by atoms with van der Waals surface area (Å²) in [5, 5.41) is 7.79. The summed E-state index contributed by atoms with van der Waals surface area (Å²) in [7, 11) is 2.15. The Morgan fingerprint density at radius 2 is 1.86 bits per heavy atom. The number of thiophene rings is 2. The molecule has 0 saturated carbocycles. The van der Waals surface area contributed by atoms with E-state index < -0.39 is 0 Å². The molecule has 0 atom stereocenters. The van der Waals surface area contributed by atoms with Crippen LogP contribution < -0.4 is 5.32 Å². The van der Waals surface area contributed by atoms with E-state index in [1.165, 1.54) is 35.7 Å². The summed E-state index contributed by atoms with van der Waals surface area (Å²) in [5.41, 5.74) is 0. The number of rotatable bonds is 8. The fraction of sp³-hybridized carbons (Fsp3) is 0.571. The van der Waals surface area contributed by atoms with Crippen LogP contribution in [0.5, 0.6) is 0 Å². The molecule has 1 aliphatic rings. The third-order valence-electron chi connectivity index (χ3n) is 5.14. The largest absolute Gasteiger partial charge is 0.357 e. The molecule has 156 valence electrons. The molecule has 1 fully saturated rings. The Kier molecular flexibility index (Phi) is 10.8. The first kappa shape index (κ1) is 23.6. The van der Waals surface area contributed by atoms with Crippen LogP contribution in [0.4, 0.5) is 0 Å². The van der Waals surface area contributed by atoms with Gasteiger partial charge in [0.25, 0.3) is 0 Å². The Hall–Kier alpha value is -0.640. The van der Waals surface area contributed by atoms with Crippen LogP contribution in [-0.4, -0.2) is 55.5 Å². The molecule has 2 aromatic rings. The number of likely N-dealkylation sites (N-methyl/N-ethyl adjacent to an activating group) is 1. The van der Waals surface area contributed by atoms with Crippen molar-refractivity contribution >= 4 is 52.6 Å². The van der Waals surface area contributed by atoms with Crippen molar-refractivity contribution in [3.8, 4) is 0 Å². The molecule has 1 N–H and O–H groups in total. The van der Waals surface area contributed by atoms with E-state index in [1.807, 2.05) is 22.7 Å². The number of nitrogens with zero attached hydrogens (tertiary/aromatic N) is 3. The van der Waals surface area contributed by atoms with Crippen LogP contribution in [0.1, 0.15) is 29.5 Å². The number of halogens is 1. The Balaban J connectivity index is 0.00000280. The first-order chi connectivity index (χ1) is 13.2. The van der Waals surface area contributed by atoms with Gasteiger partial charge in [-0.05, 0) is 68.1 Å². The molecule has 4 nitrogen and oxygen atoms in total. The van der Waals surface area contributed by atoms with Crippen LogP contribution in [0.2, 0.25) is 0 Å². The van der Waals surface area contributed by atoms with Gasteiger partial charge in [-0.3, -0.25) is 9.89 Å². The van der Waals surface area contributed by atoms with Gasteiger partial charge in [0.1, 0.15) is 0 Å². The molecule has 0 amide bonds. The zero-order valence-corrected chi connectivity index (χ0v) is 20.9. The van der Waals surface area contributed by atoms with Crippen LogP contribution in [-0.2, 0) is 13.0 Å². The lowest BCUT2D eigenvalue weighted by molar-refractivity contribution is 0.182. The van der Waals surface area contributed by atoms with Gasteiger partial charge in [0.2, 0.25) is 0 Å². The lowest BCUT2D eigenvalue weighted by Gasteiger charge is -2.31. The highest BCUT2D eigenvalue weighted by molar-refractivity contribution is 14.0. The van der Waals surface area contributed by atoms with Crippen molar-refractivity contribution in [3.05, 3.63) is 44.8 Å². The topological polar surface area (TPSA) is 30.9 Å². The van der Waals surface area contributed by atoms with Crippen molar-refractivity contribution in [3.63, 3.8) is 0 Å². The molecule has 3 heterocycles. The second kappa shape index (κ2) is 12.8. The van der Waals surface area contributed by atoms with Crippen molar-refractivity contribution in [2.24, 2.45) is 10.9 Å². The number of aliphatic imine (C=N–C) groups is 1. The van der Waals surface area contributed by atoms with Crippen LogP contribution in [0.3, 0.4) is 0 Å². The summed E-state index contributed by atoms with van der Waals surface area (Å²) < 4.78 is 0. The van der Waals surface area contributed by atoms with Crippen LogP contribution in [0.25, 0.3) is 0 Å². The normalized spacial score (nSPS) is 16.0. The Morgan fingerprint density at radius 1 is 1.18 bits per heavy atom. The van der Waals surface area contributed by atoms with Gasteiger partial charge >= 0.3 is 0 Å². The van der Waals surface area contributed by atoms with Gasteiger partial charge in [0.05, 0.1) is 0 Å². The van der Waals surface area contributed by atoms with Crippen molar-refractivity contribution in [2.75, 3.05) is 39.8 Å². The maximum absolute atomic E-state index is 4.96. The number of hydrogen-bond acceptors (Lipinski definition) is 4. The monoisotopic (exact) mass is 532 g/mol. The Morgan fingerprint density at radius 3 is 2.46 bits per heavy atom. The van der Waals surface area contributed by atoms with Crippen molar-refractivity contribution in [1.82, 2.24) is 15.1 Å². The maximum Gasteiger partial charge on any atom is 0.193 e. The fourth-order valence-electron chi connectivity index (χ4n) is 3.47. The lowest BCUT2D eigenvalue weighted by Crippen LogP contribution is -2.40. The van der Waals surface area contributed by atoms with Crippen molar-refractivity contribution in [2.45, 2.75) is 32.7 Å². The summed E-state index contributed by atoms with van der Waals surface area (Å²) in [4.78, 5) is 12.7. The molecular formula is C21H33IN4S2. The molecular weight excluding hydrogens is 499 g/mol. The molecule has 0 unspecified atom stereocenters. The van der Waals surface area contributed by atoms with Crippen molar-refractivity contribution in [1.29, 1.82) is 0 Å². The molecule has 0 bridgehead atoms. The fourth-order valence-corrected chi connectivity index (χ4v) is 4.92. The summed E-state index contributed by atoms with van der Waals surface area (Å²) in [6.07, 6.45) is 3.60. The second-order valence-electron chi connectivity index (χ2n) is 7.24. The molecule has 0 radical (unpaired) electrons. The zero-order valence-electron chi connectivity index (χ0n) is 17.0. The highest BCUT2D eigenvalue weighted by atomic mass is 127. The molecule has 0 aromatic carbocycles. The summed E-state index contributed by atoms with van der Waals surface area (Å²) in [6.45, 7) is 8.52. The standard InChI is InChI=1S/C21H32N4S2.HI/c1-3-22-21(24(2)11-10-19-6-4-14-26-19)23-16-18-8-12-25(13-9-18)17-20-7-5-15-27-20;/h4-7,14-15,18H,3,8-13,16-17H2,1-2H3,(H,22,23);1H. The minimum Gasteiger partial charge on any atom is -0.357 e. The zero-order chi connectivity index (χ0) is 18.9. The minimum absolute atomic E-state index is 0. The summed E-state index contributed by atoms with van der Waals surface area (Å²) in [5.74, 6) is 1.76. The molecule has 0 aliphatic carbocycles. The summed E-state index contributed by atoms with van der Waals surface area (Å²) in [6, 6.07) is 8.74. The quantitative estimate of drug-likeness (QED) is 0.302. The average Bonchev–Trinajstić information content (AvgIpc) is 3.38. The lowest BCUT2D eigenvalue weighted by atomic mass is 9.97. The number of piperidine rings is 1. The average molecular weight is 533 g/mol. The molecule has 1 saturated heterocycles. The Labute approximate surface area is 195 Å². The van der Waals surface area contributed by atoms with E-state index in [1.54, 1.807) is 0 Å². The van der Waals surface area contributed by atoms with E-state index >= 15 is 0 Å². The molecule has 0 spiro atoms. The first-order valence-electron chi connectivity index (χ1n) is 10.0. The highest BCUT2D eigenvalue weighted by Crippen LogP contribution is 2.21. The molecule has 7 heteroatoms. The number of hydrogen-bond donors (Lipinski definition) is 1. The third kappa shape index (κ3) is 7.65. The van der Waals surface area contributed by atoms with Gasteiger partial charge in [-0.1, -0.05) is 12.1 Å². The van der Waals surface area contributed by atoms with Gasteiger partial charge in [-0.25, -0.2) is 0 Å². The van der Waals surface area contributed by atoms with Crippen molar-refractivity contribution < 1.29 is 0 Å². The van der Waals surface area contributed by atoms with E-state index in [0.717, 1.165) is 38.6 Å². The minimum atomic E-state index is 0. The smallest absolute Gasteiger partial charge is 0.193 e. The van der Waals surface area contributed by atoms with Gasteiger partial charge in [-0.2, -0.15) is 0 Å². The predicted molar refractivity (Wildman–Crippen MR) is 134 cm³/mol. The van der Waals surface area contributed by atoms with E-state index in [0.29, 0.717) is 5.92 Å². The van der Waals surface area contributed by atoms with Gasteiger partial charge in [0.15, 0.2) is 5.96 Å². The maximum atomic E-state index is 4.96. The first-order valence-corrected chi connectivity index (χ1v) is 11.8. The molecule has 2 aromatic heterocycles. The van der Waals surface area contributed by atoms with Crippen LogP contribution in [0, 0.1) is 5.92 Å². The second-order valence-corrected chi connectivity index (χ2v) is 9.31. The number of nitrogens with one attached hydrogen (secondary N) is 1. The SMILES string of the molecule is CCNC(=NCC1CCN(Cc2cccs2)CC1)N(C)CCc1cccs1.I. The predicted octanol–water partition coefficient (Wildman–Crippen LogP) is 4.78. The van der Waals surface area contributed by atoms with E-state index in [2.05, 4.69) is 64.1 Å². The molecule has 3 rings (SSSR count). The van der Waals surface area contributed by atoms with E-state index in [4.69, 9.17) is 4.99 Å². The van der Waals surface area contributed by atoms with Gasteiger partial charge < -0.3 is 10.2 Å². The van der Waals surface area contributed by atoms with Crippen LogP contribution >= 0.6 is 46.7 Å². The molecule has 1 aliphatic heterocycles. The van der Waals surface area contributed by atoms with Crippen LogP contribution in [0.15, 0.2) is 40.0 Å². The van der Waals surface area contributed by atoms with E-state index in [9.17, 15) is 0 Å². The highest BCUT2D eigenvalue weighted by Gasteiger charge is 2.19. The summed E-state index contributed by atoms with van der Waals surface area (Å²) >= 11 is 3.70. The third-order valence-corrected chi connectivity index (χ3v) is 6.93. The number of guanidine groups is 1. The number of likely N-dealkylation sites (tertiary alicyclic amines) is 1. The Bertz CT molecular complexity index is 665. The van der Waals surface area contributed by atoms with Gasteiger partial charge in [0, 0.05) is 43.0 Å².